The lowest BCUT2D eigenvalue weighted by Crippen LogP contribution is -2.46. The van der Waals surface area contributed by atoms with E-state index < -0.39 is 0 Å². The highest BCUT2D eigenvalue weighted by Gasteiger charge is 2.16. The van der Waals surface area contributed by atoms with Crippen LogP contribution >= 0.6 is 34.3 Å². The summed E-state index contributed by atoms with van der Waals surface area (Å²) >= 11 is 9.06. The van der Waals surface area contributed by atoms with Gasteiger partial charge in [0.15, 0.2) is 0 Å². The highest BCUT2D eigenvalue weighted by molar-refractivity contribution is 7.23. The Morgan fingerprint density at radius 1 is 1.06 bits per heavy atom. The van der Waals surface area contributed by atoms with E-state index in [2.05, 4.69) is 50.4 Å². The van der Waals surface area contributed by atoms with Gasteiger partial charge < -0.3 is 10.2 Å². The molecule has 1 N–H and O–H groups in total. The molecule has 0 spiro atoms. The third kappa shape index (κ3) is 6.53. The molecule has 2 aromatic heterocycles. The first-order valence-corrected chi connectivity index (χ1v) is 12.7. The van der Waals surface area contributed by atoms with Crippen LogP contribution in [0, 0.1) is 0 Å². The number of carbonyl (C=O) groups is 1. The second kappa shape index (κ2) is 11.1. The molecule has 3 heterocycles. The Bertz CT molecular complexity index is 967. The van der Waals surface area contributed by atoms with E-state index in [-0.39, 0.29) is 5.91 Å². The lowest BCUT2D eigenvalue weighted by Gasteiger charge is -2.36. The molecule has 1 aliphatic rings. The molecule has 1 fully saturated rings. The third-order valence-electron chi connectivity index (χ3n) is 5.39. The van der Waals surface area contributed by atoms with Crippen LogP contribution in [-0.2, 0) is 11.2 Å². The van der Waals surface area contributed by atoms with E-state index in [4.69, 9.17) is 11.6 Å². The van der Waals surface area contributed by atoms with Crippen molar-refractivity contribution in [1.29, 1.82) is 0 Å². The van der Waals surface area contributed by atoms with E-state index in [1.165, 1.54) is 17.0 Å². The van der Waals surface area contributed by atoms with Gasteiger partial charge in [0.25, 0.3) is 0 Å². The van der Waals surface area contributed by atoms with Crippen molar-refractivity contribution in [3.63, 3.8) is 0 Å². The number of anilines is 1. The van der Waals surface area contributed by atoms with Crippen LogP contribution in [0.25, 0.3) is 9.88 Å². The normalized spacial score (nSPS) is 14.7. The molecule has 3 aromatic rings. The molecule has 1 aromatic carbocycles. The Morgan fingerprint density at radius 2 is 1.87 bits per heavy atom. The minimum absolute atomic E-state index is 0.0394. The summed E-state index contributed by atoms with van der Waals surface area (Å²) in [5.41, 5.74) is 2.13. The van der Waals surface area contributed by atoms with Crippen molar-refractivity contribution in [3.05, 3.63) is 57.9 Å². The van der Waals surface area contributed by atoms with Gasteiger partial charge in [-0.05, 0) is 43.7 Å². The molecule has 0 bridgehead atoms. The maximum atomic E-state index is 12.2. The molecule has 31 heavy (non-hydrogen) atoms. The van der Waals surface area contributed by atoms with Gasteiger partial charge >= 0.3 is 0 Å². The number of amides is 1. The van der Waals surface area contributed by atoms with Gasteiger partial charge in [0.2, 0.25) is 5.91 Å². The van der Waals surface area contributed by atoms with Crippen LogP contribution in [0.4, 0.5) is 5.69 Å². The number of carbonyl (C=O) groups excluding carboxylic acids is 1. The van der Waals surface area contributed by atoms with Crippen LogP contribution in [0.3, 0.4) is 0 Å². The average molecular weight is 475 g/mol. The summed E-state index contributed by atoms with van der Waals surface area (Å²) in [6.45, 7) is 6.17. The number of thiazole rings is 1. The number of para-hydroxylation sites is 1. The Hall–Kier alpha value is -1.93. The van der Waals surface area contributed by atoms with Crippen LogP contribution in [0.5, 0.6) is 0 Å². The second-order valence-corrected chi connectivity index (χ2v) is 10.2. The van der Waals surface area contributed by atoms with Crippen molar-refractivity contribution in [2.75, 3.05) is 44.2 Å². The van der Waals surface area contributed by atoms with E-state index in [1.54, 1.807) is 11.3 Å². The van der Waals surface area contributed by atoms with Gasteiger partial charge in [0, 0.05) is 43.8 Å². The van der Waals surface area contributed by atoms with E-state index in [0.717, 1.165) is 72.0 Å². The number of benzene rings is 1. The smallest absolute Gasteiger partial charge is 0.226 e. The molecule has 8 heteroatoms. The van der Waals surface area contributed by atoms with Crippen molar-refractivity contribution >= 4 is 45.9 Å². The summed E-state index contributed by atoms with van der Waals surface area (Å²) in [5, 5.41) is 5.91. The molecule has 0 saturated carbocycles. The fourth-order valence-electron chi connectivity index (χ4n) is 3.71. The Labute approximate surface area is 196 Å². The molecular weight excluding hydrogens is 448 g/mol. The van der Waals surface area contributed by atoms with Crippen molar-refractivity contribution in [1.82, 2.24) is 15.2 Å². The largest absolute Gasteiger partial charge is 0.369 e. The van der Waals surface area contributed by atoms with Crippen molar-refractivity contribution in [3.8, 4) is 9.88 Å². The van der Waals surface area contributed by atoms with Gasteiger partial charge in [0.05, 0.1) is 21.3 Å². The molecule has 4 rings (SSSR count). The van der Waals surface area contributed by atoms with Crippen molar-refractivity contribution in [2.24, 2.45) is 0 Å². The van der Waals surface area contributed by atoms with Crippen LogP contribution in [-0.4, -0.2) is 55.1 Å². The highest BCUT2D eigenvalue weighted by Crippen LogP contribution is 2.32. The minimum Gasteiger partial charge on any atom is -0.369 e. The molecule has 5 nitrogen and oxygen atoms in total. The molecule has 1 amide bonds. The quantitative estimate of drug-likeness (QED) is 0.453. The summed E-state index contributed by atoms with van der Waals surface area (Å²) in [7, 11) is 0. The van der Waals surface area contributed by atoms with E-state index in [1.807, 2.05) is 17.5 Å². The predicted molar refractivity (Wildman–Crippen MR) is 131 cm³/mol. The van der Waals surface area contributed by atoms with Gasteiger partial charge in [-0.25, -0.2) is 4.98 Å². The fourth-order valence-corrected chi connectivity index (χ4v) is 5.65. The summed E-state index contributed by atoms with van der Waals surface area (Å²) in [6, 6.07) is 14.5. The van der Waals surface area contributed by atoms with Crippen LogP contribution in [0.2, 0.25) is 4.34 Å². The number of hydrogen-bond acceptors (Lipinski definition) is 6. The van der Waals surface area contributed by atoms with Gasteiger partial charge in [-0.3, -0.25) is 9.69 Å². The second-order valence-electron chi connectivity index (χ2n) is 7.65. The number of aromatic nitrogens is 1. The first-order valence-electron chi connectivity index (χ1n) is 10.7. The Kier molecular flexibility index (Phi) is 7.97. The lowest BCUT2D eigenvalue weighted by molar-refractivity contribution is -0.120. The number of nitrogens with zero attached hydrogens (tertiary/aromatic N) is 3. The summed E-state index contributed by atoms with van der Waals surface area (Å²) in [5.74, 6) is 0.0394. The van der Waals surface area contributed by atoms with Gasteiger partial charge in [-0.1, -0.05) is 29.8 Å². The zero-order valence-corrected chi connectivity index (χ0v) is 19.8. The molecular formula is C23H27ClN4OS2. The third-order valence-corrected chi connectivity index (χ3v) is 7.69. The van der Waals surface area contributed by atoms with Gasteiger partial charge in [-0.15, -0.1) is 22.7 Å². The fraction of sp³-hybridized carbons (Fsp3) is 0.391. The van der Waals surface area contributed by atoms with Crippen LogP contribution in [0.1, 0.15) is 18.5 Å². The number of unbranched alkanes of at least 4 members (excludes halogenated alkanes) is 1. The summed E-state index contributed by atoms with van der Waals surface area (Å²) in [6.07, 6.45) is 2.43. The SMILES string of the molecule is O=C(Cc1csc(-c2ccc(Cl)s2)n1)NCCCCN1CCN(c2ccccc2)CC1. The van der Waals surface area contributed by atoms with Crippen LogP contribution < -0.4 is 10.2 Å². The van der Waals surface area contributed by atoms with Crippen molar-refractivity contribution in [2.45, 2.75) is 19.3 Å². The zero-order chi connectivity index (χ0) is 21.5. The maximum Gasteiger partial charge on any atom is 0.226 e. The lowest BCUT2D eigenvalue weighted by atomic mass is 10.2. The molecule has 0 radical (unpaired) electrons. The summed E-state index contributed by atoms with van der Waals surface area (Å²) in [4.78, 5) is 22.8. The first kappa shape index (κ1) is 22.3. The average Bonchev–Trinajstić information content (AvgIpc) is 3.43. The number of halogens is 1. The van der Waals surface area contributed by atoms with Gasteiger partial charge in [-0.2, -0.15) is 0 Å². The summed E-state index contributed by atoms with van der Waals surface area (Å²) < 4.78 is 0.752. The van der Waals surface area contributed by atoms with E-state index in [9.17, 15) is 4.79 Å². The molecule has 164 valence electrons. The number of piperazine rings is 1. The van der Waals surface area contributed by atoms with Crippen molar-refractivity contribution < 1.29 is 4.79 Å². The molecule has 0 aliphatic carbocycles. The van der Waals surface area contributed by atoms with Crippen LogP contribution in [0.15, 0.2) is 47.8 Å². The highest BCUT2D eigenvalue weighted by atomic mass is 35.5. The maximum absolute atomic E-state index is 12.2. The molecule has 0 atom stereocenters. The Balaban J connectivity index is 1.09. The minimum atomic E-state index is 0.0394. The monoisotopic (exact) mass is 474 g/mol. The molecule has 1 saturated heterocycles. The van der Waals surface area contributed by atoms with Gasteiger partial charge in [0.1, 0.15) is 5.01 Å². The predicted octanol–water partition coefficient (Wildman–Crippen LogP) is 4.79. The standard InChI is InChI=1S/C23H27ClN4OS2/c24-21-9-8-20(31-21)23-26-18(17-30-23)16-22(29)25-10-4-5-11-27-12-14-28(15-13-27)19-6-2-1-3-7-19/h1-3,6-9,17H,4-5,10-16H2,(H,25,29). The van der Waals surface area contributed by atoms with E-state index >= 15 is 0 Å². The number of hydrogen-bond donors (Lipinski definition) is 1. The molecule has 1 aliphatic heterocycles. The first-order chi connectivity index (χ1) is 15.2. The van der Waals surface area contributed by atoms with E-state index in [0.29, 0.717) is 6.42 Å². The Morgan fingerprint density at radius 3 is 2.61 bits per heavy atom. The zero-order valence-electron chi connectivity index (χ0n) is 17.4. The molecule has 0 unspecified atom stereocenters. The number of nitrogens with one attached hydrogen (secondary N) is 1. The number of thiophene rings is 1. The topological polar surface area (TPSA) is 48.5 Å². The number of rotatable bonds is 9.